The lowest BCUT2D eigenvalue weighted by molar-refractivity contribution is -0.274. The first kappa shape index (κ1) is 12.1. The fourth-order valence-electron chi connectivity index (χ4n) is 0.731. The zero-order valence-corrected chi connectivity index (χ0v) is 10.3. The van der Waals surface area contributed by atoms with Crippen molar-refractivity contribution >= 4 is 43.5 Å². The Balaban J connectivity index is 3.09. The van der Waals surface area contributed by atoms with Gasteiger partial charge in [0.25, 0.3) is 0 Å². The Hall–Kier alpha value is 0.0600. The average Bonchev–Trinajstić information content (AvgIpc) is 1.96. The Morgan fingerprint density at radius 2 is 1.79 bits per heavy atom. The lowest BCUT2D eigenvalue weighted by Gasteiger charge is -2.11. The molecule has 0 saturated carbocycles. The Morgan fingerprint density at radius 3 is 2.29 bits per heavy atom. The predicted octanol–water partition coefficient (Wildman–Crippen LogP) is 4.76. The summed E-state index contributed by atoms with van der Waals surface area (Å²) < 4.78 is 40.1. The van der Waals surface area contributed by atoms with E-state index in [-0.39, 0.29) is 5.02 Å². The summed E-state index contributed by atoms with van der Waals surface area (Å²) in [6.07, 6.45) is -4.75. The highest BCUT2D eigenvalue weighted by Gasteiger charge is 2.32. The topological polar surface area (TPSA) is 9.23 Å². The Kier molecular flexibility index (Phi) is 3.71. The fourth-order valence-corrected chi connectivity index (χ4v) is 2.07. The third-order valence-corrected chi connectivity index (χ3v) is 2.89. The molecule has 1 nitrogen and oxygen atoms in total. The standard InChI is InChI=1S/C7H2Br2ClF3O/c8-3-1-4(9)6(10)5(2-3)14-7(11,12)13/h1-2H. The minimum Gasteiger partial charge on any atom is -0.404 e. The second-order valence-electron chi connectivity index (χ2n) is 2.25. The zero-order chi connectivity index (χ0) is 10.9. The molecule has 0 amide bonds. The van der Waals surface area contributed by atoms with Gasteiger partial charge in [0, 0.05) is 8.95 Å². The van der Waals surface area contributed by atoms with E-state index in [1.807, 2.05) is 0 Å². The molecule has 0 N–H and O–H groups in total. The lowest BCUT2D eigenvalue weighted by atomic mass is 10.3. The van der Waals surface area contributed by atoms with Gasteiger partial charge in [-0.05, 0) is 28.1 Å². The molecule has 1 rings (SSSR count). The number of halogens is 6. The van der Waals surface area contributed by atoms with Crippen molar-refractivity contribution in [3.05, 3.63) is 26.1 Å². The Morgan fingerprint density at radius 1 is 1.21 bits per heavy atom. The van der Waals surface area contributed by atoms with Crippen LogP contribution >= 0.6 is 43.5 Å². The molecule has 0 aliphatic rings. The van der Waals surface area contributed by atoms with Crippen molar-refractivity contribution < 1.29 is 17.9 Å². The second-order valence-corrected chi connectivity index (χ2v) is 4.40. The molecule has 78 valence electrons. The van der Waals surface area contributed by atoms with Gasteiger partial charge in [0.15, 0.2) is 0 Å². The van der Waals surface area contributed by atoms with Crippen LogP contribution in [-0.2, 0) is 0 Å². The van der Waals surface area contributed by atoms with Gasteiger partial charge < -0.3 is 4.74 Å². The zero-order valence-electron chi connectivity index (χ0n) is 6.33. The van der Waals surface area contributed by atoms with Crippen molar-refractivity contribution in [2.24, 2.45) is 0 Å². The van der Waals surface area contributed by atoms with Crippen LogP contribution in [0.1, 0.15) is 0 Å². The first-order chi connectivity index (χ1) is 6.29. The van der Waals surface area contributed by atoms with E-state index in [2.05, 4.69) is 36.6 Å². The molecule has 0 spiro atoms. The molecule has 0 bridgehead atoms. The fraction of sp³-hybridized carbons (Fsp3) is 0.143. The van der Waals surface area contributed by atoms with Crippen LogP contribution in [0.4, 0.5) is 13.2 Å². The summed E-state index contributed by atoms with van der Waals surface area (Å²) in [5, 5.41) is -0.120. The van der Waals surface area contributed by atoms with Crippen LogP contribution in [0.25, 0.3) is 0 Å². The van der Waals surface area contributed by atoms with E-state index >= 15 is 0 Å². The van der Waals surface area contributed by atoms with E-state index < -0.39 is 12.1 Å². The molecule has 7 heteroatoms. The molecule has 0 radical (unpaired) electrons. The largest absolute Gasteiger partial charge is 0.573 e. The maximum absolute atomic E-state index is 11.9. The molecule has 14 heavy (non-hydrogen) atoms. The average molecular weight is 354 g/mol. The van der Waals surface area contributed by atoms with Gasteiger partial charge in [-0.2, -0.15) is 0 Å². The van der Waals surface area contributed by atoms with Gasteiger partial charge >= 0.3 is 6.36 Å². The highest BCUT2D eigenvalue weighted by atomic mass is 79.9. The SMILES string of the molecule is FC(F)(F)Oc1cc(Br)cc(Br)c1Cl. The summed E-state index contributed by atoms with van der Waals surface area (Å²) in [6.45, 7) is 0. The molecule has 0 saturated heterocycles. The van der Waals surface area contributed by atoms with E-state index in [1.54, 1.807) is 0 Å². The molecule has 1 aromatic carbocycles. The monoisotopic (exact) mass is 352 g/mol. The molecule has 0 fully saturated rings. The van der Waals surface area contributed by atoms with Gasteiger partial charge in [-0.15, -0.1) is 13.2 Å². The van der Waals surface area contributed by atoms with Gasteiger partial charge in [-0.25, -0.2) is 0 Å². The normalized spacial score (nSPS) is 11.6. The third kappa shape index (κ3) is 3.33. The van der Waals surface area contributed by atoms with Crippen molar-refractivity contribution in [1.29, 1.82) is 0 Å². The molecule has 0 atom stereocenters. The van der Waals surface area contributed by atoms with Gasteiger partial charge in [-0.1, -0.05) is 27.5 Å². The van der Waals surface area contributed by atoms with Gasteiger partial charge in [-0.3, -0.25) is 0 Å². The maximum atomic E-state index is 11.9. The van der Waals surface area contributed by atoms with Crippen LogP contribution in [0.2, 0.25) is 5.02 Å². The third-order valence-electron chi connectivity index (χ3n) is 1.19. The Labute approximate surface area is 99.4 Å². The van der Waals surface area contributed by atoms with Gasteiger partial charge in [0.2, 0.25) is 0 Å². The molecule has 0 aliphatic carbocycles. The van der Waals surface area contributed by atoms with Crippen molar-refractivity contribution in [2.45, 2.75) is 6.36 Å². The molecule has 1 aromatic rings. The summed E-state index contributed by atoms with van der Waals surface area (Å²) in [4.78, 5) is 0. The van der Waals surface area contributed by atoms with E-state index in [4.69, 9.17) is 11.6 Å². The quantitative estimate of drug-likeness (QED) is 0.661. The maximum Gasteiger partial charge on any atom is 0.573 e. The number of ether oxygens (including phenoxy) is 1. The molecule has 0 aromatic heterocycles. The molecular weight excluding hydrogens is 352 g/mol. The summed E-state index contributed by atoms with van der Waals surface area (Å²) in [7, 11) is 0. The van der Waals surface area contributed by atoms with Gasteiger partial charge in [0.05, 0.1) is 5.02 Å². The second kappa shape index (κ2) is 4.28. The van der Waals surface area contributed by atoms with Crippen LogP contribution < -0.4 is 4.74 Å². The number of alkyl halides is 3. The van der Waals surface area contributed by atoms with Crippen LogP contribution in [0.15, 0.2) is 21.1 Å². The molecule has 0 heterocycles. The van der Waals surface area contributed by atoms with Crippen molar-refractivity contribution in [1.82, 2.24) is 0 Å². The summed E-state index contributed by atoms with van der Waals surface area (Å²) >= 11 is 11.6. The van der Waals surface area contributed by atoms with Crippen molar-refractivity contribution in [3.8, 4) is 5.75 Å². The highest BCUT2D eigenvalue weighted by Crippen LogP contribution is 2.37. The lowest BCUT2D eigenvalue weighted by Crippen LogP contribution is -2.17. The number of hydrogen-bond acceptors (Lipinski definition) is 1. The number of hydrogen-bond donors (Lipinski definition) is 0. The summed E-state index contributed by atoms with van der Waals surface area (Å²) in [5.41, 5.74) is 0. The van der Waals surface area contributed by atoms with Crippen LogP contribution in [0.5, 0.6) is 5.75 Å². The van der Waals surface area contributed by atoms with E-state index in [0.29, 0.717) is 8.95 Å². The van der Waals surface area contributed by atoms with Crippen LogP contribution in [0.3, 0.4) is 0 Å². The number of benzene rings is 1. The van der Waals surface area contributed by atoms with E-state index in [0.717, 1.165) is 6.07 Å². The Bertz CT molecular complexity index is 354. The van der Waals surface area contributed by atoms with Gasteiger partial charge in [0.1, 0.15) is 5.75 Å². The molecule has 0 aliphatic heterocycles. The van der Waals surface area contributed by atoms with Crippen LogP contribution in [-0.4, -0.2) is 6.36 Å². The smallest absolute Gasteiger partial charge is 0.404 e. The highest BCUT2D eigenvalue weighted by molar-refractivity contribution is 9.11. The first-order valence-corrected chi connectivity index (χ1v) is 5.16. The minimum atomic E-state index is -4.75. The van der Waals surface area contributed by atoms with Crippen molar-refractivity contribution in [3.63, 3.8) is 0 Å². The minimum absolute atomic E-state index is 0.120. The van der Waals surface area contributed by atoms with Crippen LogP contribution in [0, 0.1) is 0 Å². The first-order valence-electron chi connectivity index (χ1n) is 3.20. The molecule has 0 unspecified atom stereocenters. The number of rotatable bonds is 1. The van der Waals surface area contributed by atoms with Crippen molar-refractivity contribution in [2.75, 3.05) is 0 Å². The molecular formula is C7H2Br2ClF3O. The summed E-state index contributed by atoms with van der Waals surface area (Å²) in [5.74, 6) is -0.444. The predicted molar refractivity (Wildman–Crippen MR) is 53.5 cm³/mol. The summed E-state index contributed by atoms with van der Waals surface area (Å²) in [6, 6.07) is 2.66. The van der Waals surface area contributed by atoms with E-state index in [1.165, 1.54) is 6.07 Å². The van der Waals surface area contributed by atoms with E-state index in [9.17, 15) is 13.2 Å².